The molecule has 0 aromatic rings. The Labute approximate surface area is 85.3 Å². The SMILES string of the molecule is C/C=C/COP(=S)(OCC)OCC. The van der Waals surface area contributed by atoms with Gasteiger partial charge in [0.25, 0.3) is 0 Å². The van der Waals surface area contributed by atoms with Crippen LogP contribution in [0.1, 0.15) is 20.8 Å². The maximum absolute atomic E-state index is 5.35. The van der Waals surface area contributed by atoms with E-state index in [9.17, 15) is 0 Å². The minimum Gasteiger partial charge on any atom is -0.309 e. The Balaban J connectivity index is 3.99. The number of allylic oxidation sites excluding steroid dienone is 1. The molecule has 0 aliphatic rings. The molecule has 0 saturated heterocycles. The predicted molar refractivity (Wildman–Crippen MR) is 58.3 cm³/mol. The van der Waals surface area contributed by atoms with Crippen LogP contribution in [0.5, 0.6) is 0 Å². The fraction of sp³-hybridized carbons (Fsp3) is 0.750. The van der Waals surface area contributed by atoms with Crippen LogP contribution in [-0.4, -0.2) is 19.8 Å². The van der Waals surface area contributed by atoms with Gasteiger partial charge in [0.2, 0.25) is 0 Å². The van der Waals surface area contributed by atoms with Gasteiger partial charge in [-0.05, 0) is 32.6 Å². The van der Waals surface area contributed by atoms with Crippen LogP contribution in [0.3, 0.4) is 0 Å². The van der Waals surface area contributed by atoms with Crippen molar-refractivity contribution in [3.05, 3.63) is 12.2 Å². The van der Waals surface area contributed by atoms with E-state index in [1.807, 2.05) is 32.9 Å². The summed E-state index contributed by atoms with van der Waals surface area (Å²) < 4.78 is 15.9. The number of hydrogen-bond acceptors (Lipinski definition) is 4. The van der Waals surface area contributed by atoms with E-state index in [1.54, 1.807) is 0 Å². The molecule has 0 spiro atoms. The van der Waals surface area contributed by atoms with Crippen LogP contribution in [0.2, 0.25) is 0 Å². The molecule has 0 radical (unpaired) electrons. The lowest BCUT2D eigenvalue weighted by Gasteiger charge is -2.19. The van der Waals surface area contributed by atoms with Crippen molar-refractivity contribution in [3.63, 3.8) is 0 Å². The summed E-state index contributed by atoms with van der Waals surface area (Å²) in [6.07, 6.45) is 3.77. The van der Waals surface area contributed by atoms with Gasteiger partial charge in [-0.15, -0.1) is 0 Å². The topological polar surface area (TPSA) is 27.7 Å². The molecule has 78 valence electrons. The zero-order chi connectivity index (χ0) is 10.2. The summed E-state index contributed by atoms with van der Waals surface area (Å²) in [7, 11) is 0. The van der Waals surface area contributed by atoms with Crippen molar-refractivity contribution in [2.24, 2.45) is 0 Å². The molecule has 0 N–H and O–H groups in total. The molecule has 5 heteroatoms. The second-order valence-corrected chi connectivity index (χ2v) is 5.16. The molecule has 0 atom stereocenters. The minimum absolute atomic E-state index is 0.452. The molecule has 0 fully saturated rings. The van der Waals surface area contributed by atoms with E-state index in [0.717, 1.165) is 0 Å². The molecular formula is C8H17O3PS. The average molecular weight is 224 g/mol. The molecule has 0 amide bonds. The third kappa shape index (κ3) is 6.36. The van der Waals surface area contributed by atoms with Crippen LogP contribution >= 0.6 is 6.72 Å². The van der Waals surface area contributed by atoms with E-state index in [4.69, 9.17) is 25.4 Å². The quantitative estimate of drug-likeness (QED) is 0.491. The summed E-state index contributed by atoms with van der Waals surface area (Å²) >= 11 is 5.12. The van der Waals surface area contributed by atoms with Gasteiger partial charge in [-0.1, -0.05) is 12.2 Å². The molecule has 0 unspecified atom stereocenters. The second-order valence-electron chi connectivity index (χ2n) is 2.15. The van der Waals surface area contributed by atoms with Crippen molar-refractivity contribution in [1.82, 2.24) is 0 Å². The van der Waals surface area contributed by atoms with Gasteiger partial charge in [0.1, 0.15) is 0 Å². The van der Waals surface area contributed by atoms with Gasteiger partial charge in [-0.25, -0.2) is 0 Å². The van der Waals surface area contributed by atoms with E-state index in [2.05, 4.69) is 0 Å². The van der Waals surface area contributed by atoms with Crippen LogP contribution < -0.4 is 0 Å². The average Bonchev–Trinajstić information content (AvgIpc) is 2.05. The third-order valence-electron chi connectivity index (χ3n) is 1.14. The van der Waals surface area contributed by atoms with Gasteiger partial charge >= 0.3 is 6.72 Å². The summed E-state index contributed by atoms with van der Waals surface area (Å²) in [4.78, 5) is 0. The van der Waals surface area contributed by atoms with Gasteiger partial charge < -0.3 is 13.6 Å². The van der Waals surface area contributed by atoms with Crippen molar-refractivity contribution in [1.29, 1.82) is 0 Å². The van der Waals surface area contributed by atoms with Gasteiger partial charge in [0.15, 0.2) is 0 Å². The molecule has 0 aromatic heterocycles. The highest BCUT2D eigenvalue weighted by molar-refractivity contribution is 8.07. The highest BCUT2D eigenvalue weighted by atomic mass is 32.5. The fourth-order valence-electron chi connectivity index (χ4n) is 0.659. The lowest BCUT2D eigenvalue weighted by molar-refractivity contribution is 0.178. The molecule has 0 aliphatic heterocycles. The molecule has 0 bridgehead atoms. The minimum atomic E-state index is -2.47. The van der Waals surface area contributed by atoms with E-state index in [-0.39, 0.29) is 0 Å². The van der Waals surface area contributed by atoms with Crippen LogP contribution in [0.15, 0.2) is 12.2 Å². The van der Waals surface area contributed by atoms with Gasteiger partial charge in [0, 0.05) is 0 Å². The Hall–Kier alpha value is 0.270. The maximum Gasteiger partial charge on any atom is 0.327 e. The van der Waals surface area contributed by atoms with Crippen molar-refractivity contribution in [2.45, 2.75) is 20.8 Å². The Morgan fingerprint density at radius 2 is 1.69 bits per heavy atom. The fourth-order valence-corrected chi connectivity index (χ4v) is 2.60. The van der Waals surface area contributed by atoms with Crippen LogP contribution in [0.25, 0.3) is 0 Å². The van der Waals surface area contributed by atoms with Crippen molar-refractivity contribution in [2.75, 3.05) is 19.8 Å². The zero-order valence-electron chi connectivity index (χ0n) is 8.36. The first kappa shape index (κ1) is 13.3. The zero-order valence-corrected chi connectivity index (χ0v) is 10.1. The first-order valence-corrected chi connectivity index (χ1v) is 6.89. The van der Waals surface area contributed by atoms with Crippen molar-refractivity contribution >= 4 is 18.5 Å². The predicted octanol–water partition coefficient (Wildman–Crippen LogP) is 2.88. The summed E-state index contributed by atoms with van der Waals surface area (Å²) in [5, 5.41) is 0. The molecule has 0 aliphatic carbocycles. The Kier molecular flexibility index (Phi) is 7.81. The third-order valence-corrected chi connectivity index (χ3v) is 3.70. The first-order valence-electron chi connectivity index (χ1n) is 4.33. The summed E-state index contributed by atoms with van der Waals surface area (Å²) in [5.74, 6) is 0. The Bertz CT molecular complexity index is 184. The van der Waals surface area contributed by atoms with E-state index in [1.165, 1.54) is 0 Å². The molecule has 3 nitrogen and oxygen atoms in total. The molecule has 0 aromatic carbocycles. The van der Waals surface area contributed by atoms with E-state index < -0.39 is 6.72 Å². The number of rotatable bonds is 7. The molecule has 13 heavy (non-hydrogen) atoms. The molecule has 0 saturated carbocycles. The molecule has 0 rings (SSSR count). The van der Waals surface area contributed by atoms with Crippen LogP contribution in [-0.2, 0) is 25.4 Å². The summed E-state index contributed by atoms with van der Waals surface area (Å²) in [6.45, 7) is 4.70. The van der Waals surface area contributed by atoms with Gasteiger partial charge in [-0.2, -0.15) is 0 Å². The van der Waals surface area contributed by atoms with Gasteiger partial charge in [-0.3, -0.25) is 0 Å². The van der Waals surface area contributed by atoms with Gasteiger partial charge in [0.05, 0.1) is 19.8 Å². The standard InChI is InChI=1S/C8H17O3PS/c1-4-7-8-11-12(13,9-5-2)10-6-3/h4,7H,5-6,8H2,1-3H3/b7-4+. The smallest absolute Gasteiger partial charge is 0.309 e. The molecule has 0 heterocycles. The first-order chi connectivity index (χ1) is 6.18. The van der Waals surface area contributed by atoms with Crippen molar-refractivity contribution < 1.29 is 13.6 Å². The Morgan fingerprint density at radius 1 is 1.15 bits per heavy atom. The Morgan fingerprint density at radius 3 is 2.08 bits per heavy atom. The largest absolute Gasteiger partial charge is 0.327 e. The number of hydrogen-bond donors (Lipinski definition) is 0. The lowest BCUT2D eigenvalue weighted by Crippen LogP contribution is -1.99. The highest BCUT2D eigenvalue weighted by Crippen LogP contribution is 2.49. The van der Waals surface area contributed by atoms with E-state index in [0.29, 0.717) is 19.8 Å². The lowest BCUT2D eigenvalue weighted by atomic mass is 10.6. The normalized spacial score (nSPS) is 12.5. The maximum atomic E-state index is 5.35. The summed E-state index contributed by atoms with van der Waals surface area (Å²) in [5.41, 5.74) is 0. The van der Waals surface area contributed by atoms with Crippen molar-refractivity contribution in [3.8, 4) is 0 Å². The highest BCUT2D eigenvalue weighted by Gasteiger charge is 2.17. The summed E-state index contributed by atoms with van der Waals surface area (Å²) in [6, 6.07) is 0. The monoisotopic (exact) mass is 224 g/mol. The van der Waals surface area contributed by atoms with Crippen LogP contribution in [0.4, 0.5) is 0 Å². The second kappa shape index (κ2) is 7.65. The van der Waals surface area contributed by atoms with E-state index >= 15 is 0 Å². The molecular weight excluding hydrogens is 207 g/mol. The van der Waals surface area contributed by atoms with Crippen LogP contribution in [0, 0.1) is 0 Å².